The van der Waals surface area contributed by atoms with E-state index in [4.69, 9.17) is 9.47 Å². The molecule has 1 aliphatic carbocycles. The molecular formula is C20H28N2O3. The molecule has 1 aromatic rings. The van der Waals surface area contributed by atoms with Gasteiger partial charge < -0.3 is 14.8 Å². The van der Waals surface area contributed by atoms with Crippen molar-refractivity contribution >= 4 is 11.6 Å². The molecule has 136 valence electrons. The maximum Gasteiger partial charge on any atom is 0.256 e. The molecule has 1 aliphatic rings. The second-order valence-electron chi connectivity index (χ2n) is 7.07. The van der Waals surface area contributed by atoms with E-state index in [1.54, 1.807) is 18.2 Å². The zero-order chi connectivity index (χ0) is 18.4. The van der Waals surface area contributed by atoms with Crippen molar-refractivity contribution in [3.8, 4) is 11.8 Å². The summed E-state index contributed by atoms with van der Waals surface area (Å²) in [6.07, 6.45) is 3.54. The van der Waals surface area contributed by atoms with E-state index in [1.807, 2.05) is 20.8 Å². The molecule has 2 rings (SSSR count). The van der Waals surface area contributed by atoms with E-state index in [0.717, 1.165) is 12.8 Å². The number of nitriles is 1. The highest BCUT2D eigenvalue weighted by Gasteiger charge is 2.42. The van der Waals surface area contributed by atoms with Crippen molar-refractivity contribution in [3.05, 3.63) is 23.8 Å². The number of anilines is 1. The Morgan fingerprint density at radius 3 is 2.84 bits per heavy atom. The summed E-state index contributed by atoms with van der Waals surface area (Å²) in [6, 6.07) is 7.29. The van der Waals surface area contributed by atoms with Gasteiger partial charge in [0.25, 0.3) is 5.91 Å². The molecule has 5 heteroatoms. The summed E-state index contributed by atoms with van der Waals surface area (Å²) in [4.78, 5) is 13.0. The number of carbonyl (C=O) groups excluding carboxylic acids is 1. The van der Waals surface area contributed by atoms with Gasteiger partial charge in [-0.15, -0.1) is 0 Å². The third-order valence-electron chi connectivity index (χ3n) is 4.52. The molecule has 1 amide bonds. The molecule has 1 aromatic carbocycles. The maximum atomic E-state index is 13.0. The minimum atomic E-state index is -0.799. The van der Waals surface area contributed by atoms with Crippen LogP contribution in [-0.4, -0.2) is 24.2 Å². The van der Waals surface area contributed by atoms with Gasteiger partial charge in [0.05, 0.1) is 17.4 Å². The first-order valence-corrected chi connectivity index (χ1v) is 9.06. The van der Waals surface area contributed by atoms with Crippen LogP contribution in [0.4, 0.5) is 5.69 Å². The van der Waals surface area contributed by atoms with Gasteiger partial charge in [0, 0.05) is 12.7 Å². The summed E-state index contributed by atoms with van der Waals surface area (Å²) in [7, 11) is 0. The molecule has 5 nitrogen and oxygen atoms in total. The highest BCUT2D eigenvalue weighted by Crippen LogP contribution is 2.36. The Balaban J connectivity index is 2.22. The number of benzene rings is 1. The number of amides is 1. The van der Waals surface area contributed by atoms with Crippen molar-refractivity contribution in [2.45, 2.75) is 65.1 Å². The second kappa shape index (κ2) is 8.35. The summed E-state index contributed by atoms with van der Waals surface area (Å²) in [5.74, 6) is 0.911. The standard InChI is InChI=1S/C20H28N2O3/c1-5-24-20(10-6-7-15(4)12-20)19(23)22-18-9-8-17(25-14(2)3)11-16(18)13-21/h8-9,11,14-15H,5-7,10,12H2,1-4H3,(H,22,23)/t15-,20+/m1/s1. The number of carbonyl (C=O) groups is 1. The van der Waals surface area contributed by atoms with Crippen molar-refractivity contribution in [1.82, 2.24) is 0 Å². The molecule has 25 heavy (non-hydrogen) atoms. The van der Waals surface area contributed by atoms with Crippen LogP contribution >= 0.6 is 0 Å². The smallest absolute Gasteiger partial charge is 0.256 e. The van der Waals surface area contributed by atoms with Crippen LogP contribution in [0.15, 0.2) is 18.2 Å². The zero-order valence-electron chi connectivity index (χ0n) is 15.6. The molecule has 0 saturated heterocycles. The second-order valence-corrected chi connectivity index (χ2v) is 7.07. The Kier molecular flexibility index (Phi) is 6.44. The normalized spacial score (nSPS) is 23.1. The summed E-state index contributed by atoms with van der Waals surface area (Å²) in [5, 5.41) is 12.3. The first kappa shape index (κ1) is 19.3. The van der Waals surface area contributed by atoms with Crippen LogP contribution in [-0.2, 0) is 9.53 Å². The first-order valence-electron chi connectivity index (χ1n) is 9.06. The van der Waals surface area contributed by atoms with Crippen LogP contribution in [0.25, 0.3) is 0 Å². The van der Waals surface area contributed by atoms with Crippen molar-refractivity contribution in [2.24, 2.45) is 5.92 Å². The highest BCUT2D eigenvalue weighted by molar-refractivity contribution is 5.98. The van der Waals surface area contributed by atoms with Gasteiger partial charge in [-0.25, -0.2) is 0 Å². The van der Waals surface area contributed by atoms with Crippen molar-refractivity contribution in [3.63, 3.8) is 0 Å². The van der Waals surface area contributed by atoms with Gasteiger partial charge in [-0.05, 0) is 58.1 Å². The molecule has 0 spiro atoms. The van der Waals surface area contributed by atoms with Crippen LogP contribution in [0.1, 0.15) is 58.9 Å². The Labute approximate surface area is 150 Å². The largest absolute Gasteiger partial charge is 0.491 e. The van der Waals surface area contributed by atoms with Crippen LogP contribution in [0.2, 0.25) is 0 Å². The van der Waals surface area contributed by atoms with Gasteiger partial charge in [0.1, 0.15) is 17.4 Å². The number of ether oxygens (including phenoxy) is 2. The average Bonchev–Trinajstić information content (AvgIpc) is 2.55. The van der Waals surface area contributed by atoms with E-state index in [1.165, 1.54) is 0 Å². The Bertz CT molecular complexity index is 647. The molecule has 0 unspecified atom stereocenters. The minimum absolute atomic E-state index is 0.0249. The molecule has 2 atom stereocenters. The van der Waals surface area contributed by atoms with Crippen molar-refractivity contribution < 1.29 is 14.3 Å². The molecule has 1 saturated carbocycles. The number of nitrogens with zero attached hydrogens (tertiary/aromatic N) is 1. The van der Waals surface area contributed by atoms with Crippen LogP contribution in [0.3, 0.4) is 0 Å². The number of nitrogens with one attached hydrogen (secondary N) is 1. The molecular weight excluding hydrogens is 316 g/mol. The third-order valence-corrected chi connectivity index (χ3v) is 4.52. The maximum absolute atomic E-state index is 13.0. The average molecular weight is 344 g/mol. The highest BCUT2D eigenvalue weighted by atomic mass is 16.5. The molecule has 1 fully saturated rings. The molecule has 0 heterocycles. The monoisotopic (exact) mass is 344 g/mol. The van der Waals surface area contributed by atoms with Crippen LogP contribution in [0.5, 0.6) is 5.75 Å². The number of rotatable bonds is 6. The fourth-order valence-electron chi connectivity index (χ4n) is 3.49. The van der Waals surface area contributed by atoms with E-state index in [-0.39, 0.29) is 12.0 Å². The lowest BCUT2D eigenvalue weighted by molar-refractivity contribution is -0.147. The van der Waals surface area contributed by atoms with Gasteiger partial charge in [-0.3, -0.25) is 4.79 Å². The van der Waals surface area contributed by atoms with Gasteiger partial charge in [0.15, 0.2) is 0 Å². The van der Waals surface area contributed by atoms with E-state index in [0.29, 0.717) is 42.4 Å². The Hall–Kier alpha value is -2.06. The quantitative estimate of drug-likeness (QED) is 0.836. The molecule has 0 aromatic heterocycles. The van der Waals surface area contributed by atoms with Crippen LogP contribution in [0, 0.1) is 17.2 Å². The Morgan fingerprint density at radius 1 is 1.48 bits per heavy atom. The van der Waals surface area contributed by atoms with E-state index < -0.39 is 5.60 Å². The first-order chi connectivity index (χ1) is 11.9. The van der Waals surface area contributed by atoms with Gasteiger partial charge in [-0.2, -0.15) is 5.26 Å². The summed E-state index contributed by atoms with van der Waals surface area (Å²) >= 11 is 0. The van der Waals surface area contributed by atoms with E-state index in [2.05, 4.69) is 18.3 Å². The third kappa shape index (κ3) is 4.73. The Morgan fingerprint density at radius 2 is 2.24 bits per heavy atom. The fourth-order valence-corrected chi connectivity index (χ4v) is 3.49. The predicted octanol–water partition coefficient (Wildman–Crippen LogP) is 4.27. The molecule has 0 aliphatic heterocycles. The van der Waals surface area contributed by atoms with E-state index in [9.17, 15) is 10.1 Å². The van der Waals surface area contributed by atoms with Crippen molar-refractivity contribution in [2.75, 3.05) is 11.9 Å². The topological polar surface area (TPSA) is 71.3 Å². The number of hydrogen-bond acceptors (Lipinski definition) is 4. The SMILES string of the molecule is CCO[C@@]1(C(=O)Nc2ccc(OC(C)C)cc2C#N)CCC[C@@H](C)C1. The summed E-state index contributed by atoms with van der Waals surface area (Å²) < 4.78 is 11.5. The van der Waals surface area contributed by atoms with Gasteiger partial charge >= 0.3 is 0 Å². The molecule has 0 radical (unpaired) electrons. The predicted molar refractivity (Wildman–Crippen MR) is 97.5 cm³/mol. The lowest BCUT2D eigenvalue weighted by Gasteiger charge is -2.38. The molecule has 1 N–H and O–H groups in total. The number of hydrogen-bond donors (Lipinski definition) is 1. The van der Waals surface area contributed by atoms with E-state index >= 15 is 0 Å². The van der Waals surface area contributed by atoms with Gasteiger partial charge in [-0.1, -0.05) is 13.3 Å². The zero-order valence-corrected chi connectivity index (χ0v) is 15.6. The lowest BCUT2D eigenvalue weighted by atomic mass is 9.78. The summed E-state index contributed by atoms with van der Waals surface area (Å²) in [6.45, 7) is 8.41. The summed E-state index contributed by atoms with van der Waals surface area (Å²) in [5.41, 5.74) is 0.0922. The van der Waals surface area contributed by atoms with Gasteiger partial charge in [0.2, 0.25) is 0 Å². The van der Waals surface area contributed by atoms with Crippen LogP contribution < -0.4 is 10.1 Å². The minimum Gasteiger partial charge on any atom is -0.491 e. The fraction of sp³-hybridized carbons (Fsp3) is 0.600. The lowest BCUT2D eigenvalue weighted by Crippen LogP contribution is -2.48. The van der Waals surface area contributed by atoms with Crippen molar-refractivity contribution in [1.29, 1.82) is 5.26 Å². The molecule has 0 bridgehead atoms.